The van der Waals surface area contributed by atoms with E-state index in [4.69, 9.17) is 19.8 Å². The highest BCUT2D eigenvalue weighted by Crippen LogP contribution is 2.39. The van der Waals surface area contributed by atoms with Crippen LogP contribution in [0, 0.1) is 5.41 Å². The molecule has 140 valence electrons. The van der Waals surface area contributed by atoms with Gasteiger partial charge in [-0.05, 0) is 36.8 Å². The van der Waals surface area contributed by atoms with E-state index in [2.05, 4.69) is 40.8 Å². The molecule has 7 heteroatoms. The van der Waals surface area contributed by atoms with E-state index >= 15 is 0 Å². The van der Waals surface area contributed by atoms with Crippen molar-refractivity contribution >= 4 is 18.8 Å². The van der Waals surface area contributed by atoms with Crippen LogP contribution < -0.4 is 4.90 Å². The topological polar surface area (TPSA) is 94.0 Å². The Labute approximate surface area is 149 Å². The van der Waals surface area contributed by atoms with E-state index in [1.807, 2.05) is 12.3 Å². The van der Waals surface area contributed by atoms with Gasteiger partial charge in [-0.1, -0.05) is 19.9 Å². The zero-order valence-corrected chi connectivity index (χ0v) is 15.0. The number of carbonyl (C=O) groups is 2. The lowest BCUT2D eigenvalue weighted by Gasteiger charge is -2.39. The third kappa shape index (κ3) is 7.09. The van der Waals surface area contributed by atoms with Crippen LogP contribution in [-0.2, 0) is 9.59 Å². The number of rotatable bonds is 2. The molecule has 1 unspecified atom stereocenters. The van der Waals surface area contributed by atoms with Gasteiger partial charge in [0.1, 0.15) is 5.82 Å². The molecule has 2 fully saturated rings. The number of aromatic nitrogens is 1. The summed E-state index contributed by atoms with van der Waals surface area (Å²) < 4.78 is 0. The number of hydrogen-bond acceptors (Lipinski definition) is 5. The predicted octanol–water partition coefficient (Wildman–Crippen LogP) is 2.18. The van der Waals surface area contributed by atoms with Crippen molar-refractivity contribution in [2.45, 2.75) is 39.2 Å². The number of pyridine rings is 1. The van der Waals surface area contributed by atoms with Gasteiger partial charge in [-0.2, -0.15) is 0 Å². The van der Waals surface area contributed by atoms with Gasteiger partial charge in [0.15, 0.2) is 0 Å². The summed E-state index contributed by atoms with van der Waals surface area (Å²) in [7, 11) is 0. The van der Waals surface area contributed by atoms with Gasteiger partial charge in [0.2, 0.25) is 0 Å². The van der Waals surface area contributed by atoms with Crippen molar-refractivity contribution in [3.63, 3.8) is 0 Å². The number of hydrogen-bond donors (Lipinski definition) is 2. The fourth-order valence-electron chi connectivity index (χ4n) is 3.57. The van der Waals surface area contributed by atoms with Crippen LogP contribution in [0.4, 0.5) is 5.82 Å². The Morgan fingerprint density at radius 1 is 1.12 bits per heavy atom. The van der Waals surface area contributed by atoms with Crippen LogP contribution in [0.2, 0.25) is 0 Å². The van der Waals surface area contributed by atoms with Crippen molar-refractivity contribution in [1.82, 2.24) is 9.88 Å². The highest BCUT2D eigenvalue weighted by Gasteiger charge is 2.35. The molecule has 1 saturated carbocycles. The predicted molar refractivity (Wildman–Crippen MR) is 96.8 cm³/mol. The Hall–Kier alpha value is -2.15. The van der Waals surface area contributed by atoms with E-state index in [9.17, 15) is 0 Å². The standard InChI is InChI=1S/C16H25N3.2CH2O2/c1-16(2)7-6-14(13-16)18-9-11-19(12-10-18)15-5-3-4-8-17-15;2*2-1-3/h3-5,8,14H,6-7,9-13H2,1-2H3;2*1H,(H,2,3). The lowest BCUT2D eigenvalue weighted by atomic mass is 9.91. The summed E-state index contributed by atoms with van der Waals surface area (Å²) >= 11 is 0. The fourth-order valence-corrected chi connectivity index (χ4v) is 3.57. The Morgan fingerprint density at radius 3 is 2.16 bits per heavy atom. The second-order valence-corrected chi connectivity index (χ2v) is 6.98. The second kappa shape index (κ2) is 10.7. The Kier molecular flexibility index (Phi) is 8.91. The fraction of sp³-hybridized carbons (Fsp3) is 0.611. The molecule has 1 aromatic rings. The van der Waals surface area contributed by atoms with Crippen molar-refractivity contribution < 1.29 is 19.8 Å². The maximum absolute atomic E-state index is 8.36. The zero-order valence-electron chi connectivity index (χ0n) is 15.0. The third-order valence-electron chi connectivity index (χ3n) is 4.75. The van der Waals surface area contributed by atoms with Crippen molar-refractivity contribution in [1.29, 1.82) is 0 Å². The van der Waals surface area contributed by atoms with Gasteiger partial charge < -0.3 is 15.1 Å². The van der Waals surface area contributed by atoms with Crippen LogP contribution in [0.3, 0.4) is 0 Å². The molecule has 25 heavy (non-hydrogen) atoms. The number of piperazine rings is 1. The molecule has 2 N–H and O–H groups in total. The first kappa shape index (κ1) is 20.9. The number of nitrogens with zero attached hydrogens (tertiary/aromatic N) is 3. The van der Waals surface area contributed by atoms with Crippen LogP contribution in [0.5, 0.6) is 0 Å². The van der Waals surface area contributed by atoms with E-state index in [0.717, 1.165) is 24.9 Å². The maximum Gasteiger partial charge on any atom is 0.290 e. The summed E-state index contributed by atoms with van der Waals surface area (Å²) in [4.78, 5) is 26.3. The second-order valence-electron chi connectivity index (χ2n) is 6.98. The van der Waals surface area contributed by atoms with E-state index in [-0.39, 0.29) is 12.9 Å². The molecule has 1 aliphatic carbocycles. The monoisotopic (exact) mass is 351 g/mol. The van der Waals surface area contributed by atoms with Gasteiger partial charge in [0.05, 0.1) is 0 Å². The molecule has 0 bridgehead atoms. The molecule has 3 rings (SSSR count). The molecule has 2 aliphatic rings. The minimum atomic E-state index is -0.250. The first-order chi connectivity index (χ1) is 12.0. The van der Waals surface area contributed by atoms with Crippen LogP contribution >= 0.6 is 0 Å². The summed E-state index contributed by atoms with van der Waals surface area (Å²) in [5.41, 5.74) is 0.558. The first-order valence-corrected chi connectivity index (χ1v) is 8.53. The van der Waals surface area contributed by atoms with Crippen LogP contribution in [0.1, 0.15) is 33.1 Å². The van der Waals surface area contributed by atoms with Gasteiger partial charge in [-0.15, -0.1) is 0 Å². The summed E-state index contributed by atoms with van der Waals surface area (Å²) in [6.07, 6.45) is 6.03. The summed E-state index contributed by atoms with van der Waals surface area (Å²) in [5, 5.41) is 13.8. The Bertz CT molecular complexity index is 496. The summed E-state index contributed by atoms with van der Waals surface area (Å²) in [6.45, 7) is 8.95. The largest absolute Gasteiger partial charge is 0.483 e. The minimum absolute atomic E-state index is 0.250. The number of anilines is 1. The number of carboxylic acid groups (broad SMARTS) is 2. The smallest absolute Gasteiger partial charge is 0.290 e. The van der Waals surface area contributed by atoms with Crippen LogP contribution in [-0.4, -0.2) is 65.3 Å². The highest BCUT2D eigenvalue weighted by atomic mass is 16.3. The average Bonchev–Trinajstić information content (AvgIpc) is 2.97. The van der Waals surface area contributed by atoms with Crippen LogP contribution in [0.25, 0.3) is 0 Å². The molecule has 1 atom stereocenters. The Morgan fingerprint density at radius 2 is 1.72 bits per heavy atom. The first-order valence-electron chi connectivity index (χ1n) is 8.53. The maximum atomic E-state index is 8.36. The van der Waals surface area contributed by atoms with E-state index in [1.54, 1.807) is 0 Å². The molecule has 0 spiro atoms. The quantitative estimate of drug-likeness (QED) is 0.789. The van der Waals surface area contributed by atoms with Crippen molar-refractivity contribution in [3.05, 3.63) is 24.4 Å². The van der Waals surface area contributed by atoms with Gasteiger partial charge >= 0.3 is 0 Å². The van der Waals surface area contributed by atoms with E-state index < -0.39 is 0 Å². The zero-order chi connectivity index (χ0) is 18.7. The highest BCUT2D eigenvalue weighted by molar-refractivity contribution is 5.38. The lowest BCUT2D eigenvalue weighted by molar-refractivity contribution is -0.123. The molecular weight excluding hydrogens is 322 g/mol. The van der Waals surface area contributed by atoms with Gasteiger partial charge in [-0.3, -0.25) is 14.5 Å². The molecule has 1 aromatic heterocycles. The molecule has 2 heterocycles. The normalized spacial score (nSPS) is 22.0. The van der Waals surface area contributed by atoms with E-state index in [0.29, 0.717) is 5.41 Å². The summed E-state index contributed by atoms with van der Waals surface area (Å²) in [6, 6.07) is 7.00. The lowest BCUT2D eigenvalue weighted by Crippen LogP contribution is -2.50. The van der Waals surface area contributed by atoms with Gasteiger partial charge in [0, 0.05) is 38.4 Å². The molecule has 0 radical (unpaired) electrons. The molecule has 7 nitrogen and oxygen atoms in total. The van der Waals surface area contributed by atoms with Gasteiger partial charge in [-0.25, -0.2) is 4.98 Å². The van der Waals surface area contributed by atoms with Crippen molar-refractivity contribution in [2.24, 2.45) is 5.41 Å². The van der Waals surface area contributed by atoms with Gasteiger partial charge in [0.25, 0.3) is 12.9 Å². The third-order valence-corrected chi connectivity index (χ3v) is 4.75. The van der Waals surface area contributed by atoms with Crippen LogP contribution in [0.15, 0.2) is 24.4 Å². The average molecular weight is 351 g/mol. The molecule has 1 saturated heterocycles. The van der Waals surface area contributed by atoms with E-state index in [1.165, 1.54) is 32.4 Å². The molecule has 1 aliphatic heterocycles. The molecular formula is C18H29N3O4. The SMILES string of the molecule is CC1(C)CCC(N2CCN(c3ccccn3)CC2)C1.O=CO.O=CO. The molecule has 0 aromatic carbocycles. The summed E-state index contributed by atoms with van der Waals surface area (Å²) in [5.74, 6) is 1.13. The van der Waals surface area contributed by atoms with Crippen molar-refractivity contribution in [2.75, 3.05) is 31.1 Å². The molecule has 0 amide bonds. The minimum Gasteiger partial charge on any atom is -0.483 e. The Balaban J connectivity index is 0.000000460. The van der Waals surface area contributed by atoms with Crippen molar-refractivity contribution in [3.8, 4) is 0 Å².